The monoisotopic (exact) mass is 270 g/mol. The minimum absolute atomic E-state index is 0.249. The molecular weight excluding hydrogens is 258 g/mol. The number of hydrogen-bond donors (Lipinski definition) is 0. The van der Waals surface area contributed by atoms with E-state index in [1.54, 1.807) is 28.9 Å². The summed E-state index contributed by atoms with van der Waals surface area (Å²) in [5.41, 5.74) is 2.62. The molecule has 0 atom stereocenters. The summed E-state index contributed by atoms with van der Waals surface area (Å²) in [6.45, 7) is 0.571. The van der Waals surface area contributed by atoms with Gasteiger partial charge in [-0.3, -0.25) is 4.68 Å². The van der Waals surface area contributed by atoms with Gasteiger partial charge >= 0.3 is 0 Å². The van der Waals surface area contributed by atoms with Crippen LogP contribution in [0.3, 0.4) is 0 Å². The van der Waals surface area contributed by atoms with E-state index < -0.39 is 0 Å². The summed E-state index contributed by atoms with van der Waals surface area (Å²) in [6.07, 6.45) is 1.85. The van der Waals surface area contributed by atoms with Crippen LogP contribution < -0.4 is 0 Å². The lowest BCUT2D eigenvalue weighted by Gasteiger charge is -2.02. The van der Waals surface area contributed by atoms with Crippen molar-refractivity contribution in [2.24, 2.45) is 0 Å². The Morgan fingerprint density at radius 1 is 0.800 bits per heavy atom. The Morgan fingerprint density at radius 2 is 1.40 bits per heavy atom. The first-order valence-corrected chi connectivity index (χ1v) is 6.24. The van der Waals surface area contributed by atoms with Gasteiger partial charge in [0.15, 0.2) is 0 Å². The van der Waals surface area contributed by atoms with Gasteiger partial charge < -0.3 is 0 Å². The first kappa shape index (κ1) is 12.5. The Hall–Kier alpha value is -2.49. The zero-order valence-electron chi connectivity index (χ0n) is 10.6. The van der Waals surface area contributed by atoms with Gasteiger partial charge in [-0.15, -0.1) is 0 Å². The van der Waals surface area contributed by atoms with Crippen LogP contribution in [0.25, 0.3) is 11.3 Å². The molecule has 0 aliphatic carbocycles. The Balaban J connectivity index is 1.80. The van der Waals surface area contributed by atoms with Crippen molar-refractivity contribution in [2.45, 2.75) is 6.54 Å². The highest BCUT2D eigenvalue weighted by Crippen LogP contribution is 2.17. The van der Waals surface area contributed by atoms with Crippen LogP contribution in [0.4, 0.5) is 8.78 Å². The Labute approximate surface area is 115 Å². The third-order valence-corrected chi connectivity index (χ3v) is 3.04. The van der Waals surface area contributed by atoms with Gasteiger partial charge in [-0.1, -0.05) is 12.1 Å². The van der Waals surface area contributed by atoms with Crippen LogP contribution in [0.5, 0.6) is 0 Å². The molecule has 0 saturated carbocycles. The van der Waals surface area contributed by atoms with Gasteiger partial charge in [0.25, 0.3) is 0 Å². The predicted octanol–water partition coefficient (Wildman–Crippen LogP) is 3.88. The van der Waals surface area contributed by atoms with E-state index in [1.165, 1.54) is 24.3 Å². The van der Waals surface area contributed by atoms with Gasteiger partial charge in [0, 0.05) is 11.8 Å². The van der Waals surface area contributed by atoms with Gasteiger partial charge in [0.1, 0.15) is 11.6 Å². The zero-order valence-corrected chi connectivity index (χ0v) is 10.6. The molecule has 0 radical (unpaired) electrons. The molecule has 1 aromatic heterocycles. The van der Waals surface area contributed by atoms with Gasteiger partial charge in [-0.2, -0.15) is 5.10 Å². The average Bonchev–Trinajstić information content (AvgIpc) is 2.91. The maximum absolute atomic E-state index is 12.9. The summed E-state index contributed by atoms with van der Waals surface area (Å²) in [5.74, 6) is -0.513. The van der Waals surface area contributed by atoms with Crippen LogP contribution in [-0.4, -0.2) is 9.78 Å². The summed E-state index contributed by atoms with van der Waals surface area (Å²) >= 11 is 0. The summed E-state index contributed by atoms with van der Waals surface area (Å²) in [5, 5.41) is 4.43. The Bertz CT molecular complexity index is 700. The third kappa shape index (κ3) is 2.74. The molecule has 0 fully saturated rings. The molecular formula is C16H12F2N2. The van der Waals surface area contributed by atoms with Crippen LogP contribution in [-0.2, 0) is 6.54 Å². The number of aromatic nitrogens is 2. The Kier molecular flexibility index (Phi) is 3.29. The SMILES string of the molecule is Fc1ccc(Cn2ccc(-c3ccc(F)cc3)n2)cc1. The molecule has 3 aromatic rings. The van der Waals surface area contributed by atoms with Crippen molar-refractivity contribution in [1.82, 2.24) is 9.78 Å². The molecule has 0 unspecified atom stereocenters. The molecule has 3 rings (SSSR count). The van der Waals surface area contributed by atoms with Gasteiger partial charge in [-0.25, -0.2) is 8.78 Å². The van der Waals surface area contributed by atoms with Crippen LogP contribution >= 0.6 is 0 Å². The number of benzene rings is 2. The fraction of sp³-hybridized carbons (Fsp3) is 0.0625. The number of hydrogen-bond acceptors (Lipinski definition) is 1. The summed E-state index contributed by atoms with van der Waals surface area (Å²) in [4.78, 5) is 0. The van der Waals surface area contributed by atoms with Gasteiger partial charge in [0.05, 0.1) is 12.2 Å². The first-order valence-electron chi connectivity index (χ1n) is 6.24. The molecule has 1 heterocycles. The van der Waals surface area contributed by atoms with Crippen molar-refractivity contribution in [3.63, 3.8) is 0 Å². The van der Waals surface area contributed by atoms with E-state index >= 15 is 0 Å². The first-order chi connectivity index (χ1) is 9.70. The number of nitrogens with zero attached hydrogens (tertiary/aromatic N) is 2. The molecule has 20 heavy (non-hydrogen) atoms. The fourth-order valence-electron chi connectivity index (χ4n) is 2.00. The average molecular weight is 270 g/mol. The highest BCUT2D eigenvalue weighted by Gasteiger charge is 2.03. The molecule has 0 spiro atoms. The normalized spacial score (nSPS) is 10.7. The lowest BCUT2D eigenvalue weighted by atomic mass is 10.1. The second kappa shape index (κ2) is 5.25. The molecule has 4 heteroatoms. The molecule has 0 amide bonds. The zero-order chi connectivity index (χ0) is 13.9. The molecule has 0 aliphatic heterocycles. The smallest absolute Gasteiger partial charge is 0.123 e. The summed E-state index contributed by atoms with van der Waals surface area (Å²) in [7, 11) is 0. The van der Waals surface area contributed by atoms with E-state index in [-0.39, 0.29) is 11.6 Å². The minimum atomic E-state index is -0.264. The van der Waals surface area contributed by atoms with E-state index in [0.29, 0.717) is 6.54 Å². The van der Waals surface area contributed by atoms with Crippen LogP contribution in [0.15, 0.2) is 60.8 Å². The van der Waals surface area contributed by atoms with Crippen LogP contribution in [0.2, 0.25) is 0 Å². The molecule has 0 N–H and O–H groups in total. The second-order valence-corrected chi connectivity index (χ2v) is 4.53. The second-order valence-electron chi connectivity index (χ2n) is 4.53. The lowest BCUT2D eigenvalue weighted by Crippen LogP contribution is -2.00. The lowest BCUT2D eigenvalue weighted by molar-refractivity contribution is 0.624. The van der Waals surface area contributed by atoms with Crippen molar-refractivity contribution < 1.29 is 8.78 Å². The maximum Gasteiger partial charge on any atom is 0.123 e. The van der Waals surface area contributed by atoms with E-state index in [2.05, 4.69) is 5.10 Å². The summed E-state index contributed by atoms with van der Waals surface area (Å²) in [6, 6.07) is 14.4. The molecule has 2 nitrogen and oxygen atoms in total. The standard InChI is InChI=1S/C16H12F2N2/c17-14-5-1-12(2-6-14)11-20-10-9-16(19-20)13-3-7-15(18)8-4-13/h1-10H,11H2. The fourth-order valence-corrected chi connectivity index (χ4v) is 2.00. The topological polar surface area (TPSA) is 17.8 Å². The van der Waals surface area contributed by atoms with E-state index in [9.17, 15) is 8.78 Å². The molecule has 2 aromatic carbocycles. The highest BCUT2D eigenvalue weighted by atomic mass is 19.1. The molecule has 100 valence electrons. The molecule has 0 saturated heterocycles. The minimum Gasteiger partial charge on any atom is -0.268 e. The van der Waals surface area contributed by atoms with Crippen molar-refractivity contribution >= 4 is 0 Å². The van der Waals surface area contributed by atoms with Crippen molar-refractivity contribution in [3.05, 3.63) is 78.0 Å². The largest absolute Gasteiger partial charge is 0.268 e. The Morgan fingerprint density at radius 3 is 2.05 bits per heavy atom. The van der Waals surface area contributed by atoms with E-state index in [0.717, 1.165) is 16.8 Å². The van der Waals surface area contributed by atoms with E-state index in [4.69, 9.17) is 0 Å². The predicted molar refractivity (Wildman–Crippen MR) is 73.1 cm³/mol. The molecule has 0 aliphatic rings. The van der Waals surface area contributed by atoms with Crippen LogP contribution in [0, 0.1) is 11.6 Å². The third-order valence-electron chi connectivity index (χ3n) is 3.04. The van der Waals surface area contributed by atoms with Gasteiger partial charge in [-0.05, 0) is 48.0 Å². The van der Waals surface area contributed by atoms with E-state index in [1.807, 2.05) is 12.3 Å². The quantitative estimate of drug-likeness (QED) is 0.706. The van der Waals surface area contributed by atoms with Crippen molar-refractivity contribution in [1.29, 1.82) is 0 Å². The summed E-state index contributed by atoms with van der Waals surface area (Å²) < 4.78 is 27.5. The number of halogens is 2. The van der Waals surface area contributed by atoms with Crippen molar-refractivity contribution in [2.75, 3.05) is 0 Å². The maximum atomic E-state index is 12.9. The molecule has 0 bridgehead atoms. The number of rotatable bonds is 3. The van der Waals surface area contributed by atoms with Gasteiger partial charge in [0.2, 0.25) is 0 Å². The highest BCUT2D eigenvalue weighted by molar-refractivity contribution is 5.58. The van der Waals surface area contributed by atoms with Crippen molar-refractivity contribution in [3.8, 4) is 11.3 Å². The van der Waals surface area contributed by atoms with Crippen LogP contribution in [0.1, 0.15) is 5.56 Å².